The van der Waals surface area contributed by atoms with Gasteiger partial charge in [-0.2, -0.15) is 0 Å². The summed E-state index contributed by atoms with van der Waals surface area (Å²) in [4.78, 5) is 12.5. The molecule has 0 unspecified atom stereocenters. The van der Waals surface area contributed by atoms with Crippen molar-refractivity contribution in [2.75, 3.05) is 30.8 Å². The summed E-state index contributed by atoms with van der Waals surface area (Å²) in [5.41, 5.74) is 2.20. The second-order valence-corrected chi connectivity index (χ2v) is 8.92. The number of hydrogen-bond donors (Lipinski definition) is 1. The standard InChI is InChI=1S/C21H28N2O5S/c1-15-6-7-16(2)20(12-15)23(29(5,25)26)13-21(24)22-17(3)14-28-19-10-8-18(27-4)9-11-19/h6-12,17H,13-14H2,1-5H3,(H,22,24)/t17-/m0/s1. The molecule has 0 spiro atoms. The largest absolute Gasteiger partial charge is 0.497 e. The lowest BCUT2D eigenvalue weighted by atomic mass is 10.1. The van der Waals surface area contributed by atoms with Gasteiger partial charge in [-0.25, -0.2) is 8.42 Å². The third kappa shape index (κ3) is 6.67. The minimum absolute atomic E-state index is 0.250. The number of sulfonamides is 1. The second kappa shape index (κ2) is 9.65. The number of amides is 1. The van der Waals surface area contributed by atoms with E-state index in [1.54, 1.807) is 44.4 Å². The van der Waals surface area contributed by atoms with Gasteiger partial charge in [0.15, 0.2) is 0 Å². The highest BCUT2D eigenvalue weighted by Crippen LogP contribution is 2.23. The molecule has 7 nitrogen and oxygen atoms in total. The molecule has 0 aliphatic carbocycles. The van der Waals surface area contributed by atoms with Gasteiger partial charge in [-0.05, 0) is 62.2 Å². The monoisotopic (exact) mass is 420 g/mol. The molecule has 0 heterocycles. The number of hydrogen-bond acceptors (Lipinski definition) is 5. The molecule has 0 radical (unpaired) electrons. The molecule has 0 saturated heterocycles. The first-order valence-corrected chi connectivity index (χ1v) is 11.1. The van der Waals surface area contributed by atoms with Crippen molar-refractivity contribution in [1.82, 2.24) is 5.32 Å². The fourth-order valence-corrected chi connectivity index (χ4v) is 3.66. The number of methoxy groups -OCH3 is 1. The lowest BCUT2D eigenvalue weighted by Gasteiger charge is -2.25. The summed E-state index contributed by atoms with van der Waals surface area (Å²) in [7, 11) is -2.03. The van der Waals surface area contributed by atoms with Crippen LogP contribution in [0, 0.1) is 13.8 Å². The van der Waals surface area contributed by atoms with Crippen molar-refractivity contribution in [3.05, 3.63) is 53.6 Å². The Morgan fingerprint density at radius 3 is 2.31 bits per heavy atom. The van der Waals surface area contributed by atoms with Crippen molar-refractivity contribution in [1.29, 1.82) is 0 Å². The number of anilines is 1. The smallest absolute Gasteiger partial charge is 0.241 e. The molecule has 0 saturated carbocycles. The van der Waals surface area contributed by atoms with Crippen molar-refractivity contribution >= 4 is 21.6 Å². The van der Waals surface area contributed by atoms with Gasteiger partial charge < -0.3 is 14.8 Å². The van der Waals surface area contributed by atoms with E-state index in [1.165, 1.54) is 0 Å². The van der Waals surface area contributed by atoms with Crippen LogP contribution in [0.2, 0.25) is 0 Å². The summed E-state index contributed by atoms with van der Waals surface area (Å²) in [6.07, 6.45) is 1.10. The number of aryl methyl sites for hydroxylation is 2. The van der Waals surface area contributed by atoms with Crippen LogP contribution in [0.3, 0.4) is 0 Å². The topological polar surface area (TPSA) is 84.9 Å². The van der Waals surface area contributed by atoms with Crippen molar-refractivity contribution in [3.63, 3.8) is 0 Å². The average molecular weight is 421 g/mol. The predicted octanol–water partition coefficient (Wildman–Crippen LogP) is 2.66. The van der Waals surface area contributed by atoms with Crippen LogP contribution in [0.5, 0.6) is 11.5 Å². The van der Waals surface area contributed by atoms with Crippen molar-refractivity contribution in [3.8, 4) is 11.5 Å². The highest BCUT2D eigenvalue weighted by atomic mass is 32.2. The molecule has 2 rings (SSSR count). The van der Waals surface area contributed by atoms with Gasteiger partial charge in [0.05, 0.1) is 25.1 Å². The Balaban J connectivity index is 1.99. The zero-order valence-corrected chi connectivity index (χ0v) is 18.2. The fraction of sp³-hybridized carbons (Fsp3) is 0.381. The van der Waals surface area contributed by atoms with E-state index in [2.05, 4.69) is 5.32 Å². The van der Waals surface area contributed by atoms with Crippen molar-refractivity contribution < 1.29 is 22.7 Å². The molecule has 2 aromatic rings. The lowest BCUT2D eigenvalue weighted by Crippen LogP contribution is -2.45. The summed E-state index contributed by atoms with van der Waals surface area (Å²) in [6.45, 7) is 5.44. The molecular weight excluding hydrogens is 392 g/mol. The molecule has 0 aromatic heterocycles. The number of nitrogens with one attached hydrogen (secondary N) is 1. The maximum Gasteiger partial charge on any atom is 0.241 e. The first-order chi connectivity index (χ1) is 13.6. The van der Waals surface area contributed by atoms with Gasteiger partial charge in [-0.15, -0.1) is 0 Å². The molecular formula is C21H28N2O5S. The molecule has 0 aliphatic rings. The Morgan fingerprint density at radius 2 is 1.72 bits per heavy atom. The molecule has 1 atom stereocenters. The normalized spacial score (nSPS) is 12.2. The lowest BCUT2D eigenvalue weighted by molar-refractivity contribution is -0.120. The Hall–Kier alpha value is -2.74. The SMILES string of the molecule is COc1ccc(OC[C@H](C)NC(=O)CN(c2cc(C)ccc2C)S(C)(=O)=O)cc1. The molecule has 0 bridgehead atoms. The molecule has 29 heavy (non-hydrogen) atoms. The quantitative estimate of drug-likeness (QED) is 0.674. The van der Waals surface area contributed by atoms with Crippen LogP contribution >= 0.6 is 0 Å². The number of ether oxygens (including phenoxy) is 2. The van der Waals surface area contributed by atoms with Crippen LogP contribution in [0.1, 0.15) is 18.1 Å². The van der Waals surface area contributed by atoms with Crippen LogP contribution < -0.4 is 19.1 Å². The van der Waals surface area contributed by atoms with Gasteiger partial charge in [0, 0.05) is 0 Å². The summed E-state index contributed by atoms with van der Waals surface area (Å²) in [5, 5.41) is 2.78. The summed E-state index contributed by atoms with van der Waals surface area (Å²) in [5.74, 6) is 0.980. The first kappa shape index (κ1) is 22.5. The predicted molar refractivity (Wildman–Crippen MR) is 114 cm³/mol. The van der Waals surface area contributed by atoms with Gasteiger partial charge in [0.2, 0.25) is 15.9 Å². The summed E-state index contributed by atoms with van der Waals surface area (Å²) < 4.78 is 36.5. The van der Waals surface area contributed by atoms with E-state index in [4.69, 9.17) is 9.47 Å². The minimum atomic E-state index is -3.62. The van der Waals surface area contributed by atoms with Crippen LogP contribution in [0.4, 0.5) is 5.69 Å². The van der Waals surface area contributed by atoms with E-state index in [1.807, 2.05) is 26.0 Å². The number of benzene rings is 2. The third-order valence-corrected chi connectivity index (χ3v) is 5.41. The molecule has 1 N–H and O–H groups in total. The van der Waals surface area contributed by atoms with E-state index in [-0.39, 0.29) is 19.2 Å². The van der Waals surface area contributed by atoms with E-state index < -0.39 is 15.9 Å². The Bertz CT molecular complexity index is 942. The maximum absolute atomic E-state index is 12.5. The van der Waals surface area contributed by atoms with E-state index in [9.17, 15) is 13.2 Å². The van der Waals surface area contributed by atoms with Gasteiger partial charge in [0.1, 0.15) is 24.7 Å². The highest BCUT2D eigenvalue weighted by molar-refractivity contribution is 7.92. The zero-order valence-electron chi connectivity index (χ0n) is 17.4. The summed E-state index contributed by atoms with van der Waals surface area (Å²) >= 11 is 0. The second-order valence-electron chi connectivity index (χ2n) is 7.01. The van der Waals surface area contributed by atoms with E-state index in [0.29, 0.717) is 11.4 Å². The van der Waals surface area contributed by atoms with Crippen LogP contribution in [0.15, 0.2) is 42.5 Å². The highest BCUT2D eigenvalue weighted by Gasteiger charge is 2.23. The maximum atomic E-state index is 12.5. The van der Waals surface area contributed by atoms with Crippen LogP contribution in [-0.4, -0.2) is 46.9 Å². The molecule has 0 fully saturated rings. The molecule has 0 aliphatic heterocycles. The van der Waals surface area contributed by atoms with Crippen LogP contribution in [0.25, 0.3) is 0 Å². The van der Waals surface area contributed by atoms with Gasteiger partial charge in [-0.1, -0.05) is 12.1 Å². The van der Waals surface area contributed by atoms with Gasteiger partial charge in [0.25, 0.3) is 0 Å². The zero-order chi connectivity index (χ0) is 21.6. The molecule has 1 amide bonds. The van der Waals surface area contributed by atoms with Gasteiger partial charge >= 0.3 is 0 Å². The molecule has 2 aromatic carbocycles. The third-order valence-electron chi connectivity index (χ3n) is 4.29. The number of nitrogens with zero attached hydrogens (tertiary/aromatic N) is 1. The van der Waals surface area contributed by atoms with Crippen molar-refractivity contribution in [2.24, 2.45) is 0 Å². The van der Waals surface area contributed by atoms with E-state index in [0.717, 1.165) is 27.4 Å². The van der Waals surface area contributed by atoms with E-state index >= 15 is 0 Å². The Kier molecular flexibility index (Phi) is 7.50. The van der Waals surface area contributed by atoms with Crippen LogP contribution in [-0.2, 0) is 14.8 Å². The number of carbonyl (C=O) groups is 1. The summed E-state index contributed by atoms with van der Waals surface area (Å²) in [6, 6.07) is 12.3. The minimum Gasteiger partial charge on any atom is -0.497 e. The van der Waals surface area contributed by atoms with Gasteiger partial charge in [-0.3, -0.25) is 9.10 Å². The Morgan fingerprint density at radius 1 is 1.10 bits per heavy atom. The average Bonchev–Trinajstić information content (AvgIpc) is 2.66. The fourth-order valence-electron chi connectivity index (χ4n) is 2.75. The Labute approximate surface area is 172 Å². The molecule has 8 heteroatoms. The number of rotatable bonds is 9. The molecule has 158 valence electrons. The first-order valence-electron chi connectivity index (χ1n) is 9.21. The number of carbonyl (C=O) groups excluding carboxylic acids is 1. The van der Waals surface area contributed by atoms with Crippen molar-refractivity contribution in [2.45, 2.75) is 26.8 Å².